The first kappa shape index (κ1) is 19.8. The number of carbonyl (C=O) groups excluding carboxylic acids is 2. The predicted octanol–water partition coefficient (Wildman–Crippen LogP) is 5.29. The van der Waals surface area contributed by atoms with Crippen LogP contribution in [-0.4, -0.2) is 23.0 Å². The van der Waals surface area contributed by atoms with Crippen molar-refractivity contribution in [3.05, 3.63) is 56.1 Å². The van der Waals surface area contributed by atoms with Crippen molar-refractivity contribution in [2.75, 3.05) is 5.32 Å². The van der Waals surface area contributed by atoms with Gasteiger partial charge in [0.2, 0.25) is 0 Å². The molecule has 140 valence electrons. The minimum atomic E-state index is -0.984. The van der Waals surface area contributed by atoms with Gasteiger partial charge in [-0.15, -0.1) is 11.3 Å². The maximum absolute atomic E-state index is 12.2. The van der Waals surface area contributed by atoms with Crippen LogP contribution in [0.3, 0.4) is 0 Å². The van der Waals surface area contributed by atoms with Gasteiger partial charge in [-0.2, -0.15) is 11.3 Å². The largest absolute Gasteiger partial charge is 0.452 e. The van der Waals surface area contributed by atoms with Crippen LogP contribution in [0.5, 0.6) is 0 Å². The summed E-state index contributed by atoms with van der Waals surface area (Å²) in [5.74, 6) is -1.03. The Balaban J connectivity index is 1.55. The van der Waals surface area contributed by atoms with Crippen LogP contribution < -0.4 is 5.32 Å². The van der Waals surface area contributed by atoms with E-state index in [0.717, 1.165) is 10.6 Å². The van der Waals surface area contributed by atoms with Crippen molar-refractivity contribution in [2.45, 2.75) is 19.4 Å². The highest BCUT2D eigenvalue weighted by Crippen LogP contribution is 2.29. The van der Waals surface area contributed by atoms with Crippen LogP contribution in [0.1, 0.15) is 12.6 Å². The number of thiophene rings is 1. The average molecular weight is 441 g/mol. The minimum absolute atomic E-state index is 0.00379. The molecule has 9 heteroatoms. The summed E-state index contributed by atoms with van der Waals surface area (Å²) in [7, 11) is 0. The Labute approximate surface area is 173 Å². The zero-order valence-corrected chi connectivity index (χ0v) is 17.2. The molecule has 1 amide bonds. The Hall–Kier alpha value is -1.93. The van der Waals surface area contributed by atoms with Crippen molar-refractivity contribution in [1.29, 1.82) is 0 Å². The van der Waals surface area contributed by atoms with Gasteiger partial charge in [0.05, 0.1) is 27.8 Å². The van der Waals surface area contributed by atoms with Gasteiger partial charge in [0.1, 0.15) is 5.01 Å². The molecule has 1 N–H and O–H groups in total. The van der Waals surface area contributed by atoms with E-state index in [4.69, 9.17) is 27.9 Å². The smallest absolute Gasteiger partial charge is 0.312 e. The molecule has 0 aliphatic rings. The highest BCUT2D eigenvalue weighted by Gasteiger charge is 2.20. The normalized spacial score (nSPS) is 11.8. The molecule has 2 heterocycles. The van der Waals surface area contributed by atoms with Crippen molar-refractivity contribution in [3.63, 3.8) is 0 Å². The second-order valence-electron chi connectivity index (χ2n) is 5.56. The maximum atomic E-state index is 12.2. The first-order chi connectivity index (χ1) is 12.9. The highest BCUT2D eigenvalue weighted by molar-refractivity contribution is 7.14. The van der Waals surface area contributed by atoms with Crippen molar-refractivity contribution >= 4 is 63.4 Å². The summed E-state index contributed by atoms with van der Waals surface area (Å²) >= 11 is 15.0. The third-order valence-electron chi connectivity index (χ3n) is 3.53. The Bertz CT molecular complexity index is 957. The lowest BCUT2D eigenvalue weighted by molar-refractivity contribution is -0.152. The molecule has 0 fully saturated rings. The Morgan fingerprint density at radius 2 is 2.07 bits per heavy atom. The molecule has 3 rings (SSSR count). The summed E-state index contributed by atoms with van der Waals surface area (Å²) in [4.78, 5) is 28.8. The first-order valence-corrected chi connectivity index (χ1v) is 10.4. The first-order valence-electron chi connectivity index (χ1n) is 7.85. The van der Waals surface area contributed by atoms with Crippen molar-refractivity contribution in [3.8, 4) is 10.6 Å². The van der Waals surface area contributed by atoms with E-state index < -0.39 is 18.0 Å². The van der Waals surface area contributed by atoms with Gasteiger partial charge in [-0.05, 0) is 30.5 Å². The van der Waals surface area contributed by atoms with Crippen LogP contribution in [0, 0.1) is 0 Å². The van der Waals surface area contributed by atoms with Gasteiger partial charge in [-0.1, -0.05) is 29.3 Å². The lowest BCUT2D eigenvalue weighted by Crippen LogP contribution is -2.30. The number of aromatic nitrogens is 1. The molecule has 0 aliphatic carbocycles. The zero-order chi connectivity index (χ0) is 19.4. The van der Waals surface area contributed by atoms with E-state index >= 15 is 0 Å². The summed E-state index contributed by atoms with van der Waals surface area (Å²) in [5, 5.41) is 9.77. The summed E-state index contributed by atoms with van der Waals surface area (Å²) in [5.41, 5.74) is 1.99. The molecular weight excluding hydrogens is 427 g/mol. The summed E-state index contributed by atoms with van der Waals surface area (Å²) in [6, 6.07) is 6.86. The summed E-state index contributed by atoms with van der Waals surface area (Å²) < 4.78 is 5.20. The molecule has 0 radical (unpaired) electrons. The number of hydrogen-bond acceptors (Lipinski definition) is 6. The molecule has 1 unspecified atom stereocenters. The quantitative estimate of drug-likeness (QED) is 0.528. The van der Waals surface area contributed by atoms with Gasteiger partial charge in [0.25, 0.3) is 5.91 Å². The van der Waals surface area contributed by atoms with Gasteiger partial charge >= 0.3 is 5.97 Å². The van der Waals surface area contributed by atoms with Crippen LogP contribution in [-0.2, 0) is 20.7 Å². The van der Waals surface area contributed by atoms with Gasteiger partial charge in [0.15, 0.2) is 6.10 Å². The molecule has 1 aromatic carbocycles. The third-order valence-corrected chi connectivity index (χ3v) is 5.97. The van der Waals surface area contributed by atoms with Gasteiger partial charge in [-0.25, -0.2) is 4.98 Å². The molecule has 3 aromatic rings. The monoisotopic (exact) mass is 440 g/mol. The lowest BCUT2D eigenvalue weighted by atomic mass is 10.3. The Morgan fingerprint density at radius 1 is 1.26 bits per heavy atom. The second kappa shape index (κ2) is 8.84. The van der Waals surface area contributed by atoms with E-state index in [1.165, 1.54) is 18.3 Å². The molecule has 27 heavy (non-hydrogen) atoms. The molecule has 5 nitrogen and oxygen atoms in total. The Kier molecular flexibility index (Phi) is 6.49. The molecule has 0 aliphatic heterocycles. The number of ether oxygens (including phenoxy) is 1. The topological polar surface area (TPSA) is 68.3 Å². The van der Waals surface area contributed by atoms with E-state index in [2.05, 4.69) is 10.3 Å². The fourth-order valence-corrected chi connectivity index (χ4v) is 4.06. The number of carbonyl (C=O) groups is 2. The van der Waals surface area contributed by atoms with Crippen LogP contribution in [0.4, 0.5) is 5.69 Å². The van der Waals surface area contributed by atoms with E-state index in [1.54, 1.807) is 29.5 Å². The van der Waals surface area contributed by atoms with E-state index in [0.29, 0.717) is 16.4 Å². The van der Waals surface area contributed by atoms with Gasteiger partial charge < -0.3 is 10.1 Å². The SMILES string of the molecule is CC(OC(=O)Cc1csc(-c2ccsc2)n1)C(=O)Nc1cccc(Cl)c1Cl. The number of nitrogens with one attached hydrogen (secondary N) is 1. The number of halogens is 2. The molecule has 1 atom stereocenters. The highest BCUT2D eigenvalue weighted by atomic mass is 35.5. The molecule has 0 bridgehead atoms. The van der Waals surface area contributed by atoms with Crippen LogP contribution in [0.15, 0.2) is 40.4 Å². The fourth-order valence-electron chi connectivity index (χ4n) is 2.18. The van der Waals surface area contributed by atoms with Gasteiger partial charge in [0, 0.05) is 16.3 Å². The number of rotatable bonds is 6. The van der Waals surface area contributed by atoms with E-state index in [-0.39, 0.29) is 11.4 Å². The maximum Gasteiger partial charge on any atom is 0.312 e. The molecule has 0 saturated heterocycles. The number of nitrogens with zero attached hydrogens (tertiary/aromatic N) is 1. The van der Waals surface area contributed by atoms with E-state index in [9.17, 15) is 9.59 Å². The number of thiazole rings is 1. The van der Waals surface area contributed by atoms with Crippen LogP contribution in [0.25, 0.3) is 10.6 Å². The van der Waals surface area contributed by atoms with Crippen molar-refractivity contribution in [1.82, 2.24) is 4.98 Å². The van der Waals surface area contributed by atoms with Crippen molar-refractivity contribution in [2.24, 2.45) is 0 Å². The minimum Gasteiger partial charge on any atom is -0.452 e. The molecular formula is C18H14Cl2N2O3S2. The predicted molar refractivity (Wildman–Crippen MR) is 110 cm³/mol. The number of benzene rings is 1. The zero-order valence-electron chi connectivity index (χ0n) is 14.1. The number of anilines is 1. The Morgan fingerprint density at radius 3 is 2.81 bits per heavy atom. The summed E-state index contributed by atoms with van der Waals surface area (Å²) in [6.45, 7) is 1.49. The van der Waals surface area contributed by atoms with E-state index in [1.807, 2.05) is 22.2 Å². The molecule has 0 spiro atoms. The lowest BCUT2D eigenvalue weighted by Gasteiger charge is -2.14. The van der Waals surface area contributed by atoms with Crippen molar-refractivity contribution < 1.29 is 14.3 Å². The second-order valence-corrected chi connectivity index (χ2v) is 7.98. The van der Waals surface area contributed by atoms with Crippen LogP contribution >= 0.6 is 45.9 Å². The number of hydrogen-bond donors (Lipinski definition) is 1. The molecule has 0 saturated carbocycles. The fraction of sp³-hybridized carbons (Fsp3) is 0.167. The van der Waals surface area contributed by atoms with Crippen LogP contribution in [0.2, 0.25) is 10.0 Å². The standard InChI is InChI=1S/C18H14Cl2N2O3S2/c1-10(17(24)22-14-4-2-3-13(19)16(14)20)25-15(23)7-12-9-27-18(21-12)11-5-6-26-8-11/h2-6,8-10H,7H2,1H3,(H,22,24). The third kappa shape index (κ3) is 5.07. The average Bonchev–Trinajstić information content (AvgIpc) is 3.30. The number of esters is 1. The van der Waals surface area contributed by atoms with Gasteiger partial charge in [-0.3, -0.25) is 9.59 Å². The molecule has 2 aromatic heterocycles. The summed E-state index contributed by atoms with van der Waals surface area (Å²) in [6.07, 6.45) is -0.988. The number of amides is 1.